The fraction of sp³-hybridized carbons (Fsp3) is 0.500. The van der Waals surface area contributed by atoms with Crippen molar-refractivity contribution in [2.24, 2.45) is 0 Å². The van der Waals surface area contributed by atoms with Crippen molar-refractivity contribution in [1.82, 2.24) is 14.9 Å². The van der Waals surface area contributed by atoms with E-state index in [-0.39, 0.29) is 12.0 Å². The number of ether oxygens (including phenoxy) is 1. The van der Waals surface area contributed by atoms with Crippen LogP contribution in [0.1, 0.15) is 34.0 Å². The number of carbonyl (C=O) groups is 1. The van der Waals surface area contributed by atoms with Gasteiger partial charge in [0.2, 0.25) is 5.91 Å². The van der Waals surface area contributed by atoms with Gasteiger partial charge < -0.3 is 9.64 Å². The van der Waals surface area contributed by atoms with Crippen molar-refractivity contribution in [1.29, 1.82) is 0 Å². The van der Waals surface area contributed by atoms with Crippen molar-refractivity contribution in [3.05, 3.63) is 45.7 Å². The lowest BCUT2D eigenvalue weighted by atomic mass is 10.1. The Bertz CT molecular complexity index is 687. The molecule has 0 unspecified atom stereocenters. The molecule has 6 heteroatoms. The number of nitrogens with zero attached hydrogens (tertiary/aromatic N) is 3. The number of carbonyl (C=O) groups excluding carboxylic acids is 1. The third-order valence-corrected chi connectivity index (χ3v) is 5.32. The van der Waals surface area contributed by atoms with Crippen molar-refractivity contribution in [3.8, 4) is 0 Å². The summed E-state index contributed by atoms with van der Waals surface area (Å²) in [5.74, 6) is 0.177. The smallest absolute Gasteiger partial charge is 0.227 e. The Labute approximate surface area is 146 Å². The molecule has 2 aromatic rings. The fourth-order valence-corrected chi connectivity index (χ4v) is 3.91. The zero-order valence-electron chi connectivity index (χ0n) is 14.2. The van der Waals surface area contributed by atoms with Gasteiger partial charge in [-0.1, -0.05) is 6.07 Å². The molecular weight excluding hydrogens is 322 g/mol. The van der Waals surface area contributed by atoms with E-state index < -0.39 is 0 Å². The first-order valence-corrected chi connectivity index (χ1v) is 9.14. The zero-order valence-corrected chi connectivity index (χ0v) is 15.0. The Morgan fingerprint density at radius 2 is 2.33 bits per heavy atom. The van der Waals surface area contributed by atoms with Gasteiger partial charge in [-0.2, -0.15) is 0 Å². The normalized spacial score (nSPS) is 17.9. The number of amides is 1. The molecular formula is C18H23N3O2S. The van der Waals surface area contributed by atoms with E-state index in [0.717, 1.165) is 40.5 Å². The van der Waals surface area contributed by atoms with Crippen LogP contribution in [0.5, 0.6) is 0 Å². The first-order chi connectivity index (χ1) is 11.6. The van der Waals surface area contributed by atoms with Crippen LogP contribution in [0.25, 0.3) is 0 Å². The summed E-state index contributed by atoms with van der Waals surface area (Å²) in [6.45, 7) is 6.00. The van der Waals surface area contributed by atoms with Crippen molar-refractivity contribution in [2.75, 3.05) is 13.1 Å². The van der Waals surface area contributed by atoms with E-state index in [1.807, 2.05) is 37.1 Å². The van der Waals surface area contributed by atoms with Crippen LogP contribution in [-0.2, 0) is 22.6 Å². The zero-order chi connectivity index (χ0) is 16.9. The van der Waals surface area contributed by atoms with E-state index in [4.69, 9.17) is 4.74 Å². The summed E-state index contributed by atoms with van der Waals surface area (Å²) in [4.78, 5) is 24.1. The van der Waals surface area contributed by atoms with Crippen molar-refractivity contribution in [3.63, 3.8) is 0 Å². The lowest BCUT2D eigenvalue weighted by Gasteiger charge is -2.32. The first kappa shape index (κ1) is 17.0. The largest absolute Gasteiger partial charge is 0.372 e. The maximum absolute atomic E-state index is 12.6. The molecule has 0 aromatic carbocycles. The molecule has 128 valence electrons. The molecule has 5 nitrogen and oxygen atoms in total. The number of hydrogen-bond acceptors (Lipinski definition) is 5. The van der Waals surface area contributed by atoms with E-state index in [9.17, 15) is 4.79 Å². The summed E-state index contributed by atoms with van der Waals surface area (Å²) < 4.78 is 5.98. The van der Waals surface area contributed by atoms with Crippen LogP contribution in [0.2, 0.25) is 0 Å². The van der Waals surface area contributed by atoms with E-state index in [0.29, 0.717) is 19.6 Å². The molecule has 1 saturated heterocycles. The molecule has 1 amide bonds. The maximum Gasteiger partial charge on any atom is 0.227 e. The Morgan fingerprint density at radius 3 is 3.04 bits per heavy atom. The molecule has 0 N–H and O–H groups in total. The monoisotopic (exact) mass is 345 g/mol. The third-order valence-electron chi connectivity index (χ3n) is 4.25. The summed E-state index contributed by atoms with van der Waals surface area (Å²) in [6, 6.07) is 3.92. The highest BCUT2D eigenvalue weighted by Crippen LogP contribution is 2.20. The number of thiazole rings is 1. The molecule has 24 heavy (non-hydrogen) atoms. The standard InChI is InChI=1S/C18H23N3O2S/c1-13-17(24-14(2)20-13)9-18(22)21-8-4-6-16(11-21)23-12-15-5-3-7-19-10-15/h3,5,7,10,16H,4,6,8-9,11-12H2,1-2H3/t16-/m1/s1. The number of hydrogen-bond donors (Lipinski definition) is 0. The Kier molecular flexibility index (Phi) is 5.58. The summed E-state index contributed by atoms with van der Waals surface area (Å²) in [5, 5.41) is 1.02. The summed E-state index contributed by atoms with van der Waals surface area (Å²) >= 11 is 1.62. The number of likely N-dealkylation sites (tertiary alicyclic amines) is 1. The van der Waals surface area contributed by atoms with Gasteiger partial charge in [-0.15, -0.1) is 11.3 Å². The summed E-state index contributed by atoms with van der Waals surface area (Å²) in [6.07, 6.45) is 6.13. The fourth-order valence-electron chi connectivity index (χ4n) is 2.98. The number of piperidine rings is 1. The highest BCUT2D eigenvalue weighted by molar-refractivity contribution is 7.11. The van der Waals surface area contributed by atoms with Gasteiger partial charge in [-0.05, 0) is 38.3 Å². The predicted octanol–water partition coefficient (Wildman–Crippen LogP) is 2.91. The minimum absolute atomic E-state index is 0.104. The minimum Gasteiger partial charge on any atom is -0.372 e. The van der Waals surface area contributed by atoms with E-state index >= 15 is 0 Å². The molecule has 0 saturated carbocycles. The van der Waals surface area contributed by atoms with Gasteiger partial charge in [-0.25, -0.2) is 4.98 Å². The number of aromatic nitrogens is 2. The van der Waals surface area contributed by atoms with Crippen LogP contribution >= 0.6 is 11.3 Å². The number of aryl methyl sites for hydroxylation is 2. The van der Waals surface area contributed by atoms with Gasteiger partial charge in [0.25, 0.3) is 0 Å². The van der Waals surface area contributed by atoms with Crippen LogP contribution in [0.4, 0.5) is 0 Å². The SMILES string of the molecule is Cc1nc(C)c(CC(=O)N2CCC[C@@H](OCc3cccnc3)C2)s1. The molecule has 3 heterocycles. The average Bonchev–Trinajstić information content (AvgIpc) is 2.91. The van der Waals surface area contributed by atoms with Gasteiger partial charge in [0, 0.05) is 30.4 Å². The maximum atomic E-state index is 12.6. The Balaban J connectivity index is 1.53. The number of pyridine rings is 1. The molecule has 0 spiro atoms. The average molecular weight is 345 g/mol. The second kappa shape index (κ2) is 7.85. The molecule has 1 atom stereocenters. The molecule has 1 aliphatic rings. The highest BCUT2D eigenvalue weighted by atomic mass is 32.1. The second-order valence-electron chi connectivity index (χ2n) is 6.19. The van der Waals surface area contributed by atoms with Gasteiger partial charge >= 0.3 is 0 Å². The van der Waals surface area contributed by atoms with E-state index in [1.165, 1.54) is 0 Å². The highest BCUT2D eigenvalue weighted by Gasteiger charge is 2.25. The van der Waals surface area contributed by atoms with Crippen LogP contribution in [-0.4, -0.2) is 40.0 Å². The molecule has 0 bridgehead atoms. The predicted molar refractivity (Wildman–Crippen MR) is 93.9 cm³/mol. The second-order valence-corrected chi connectivity index (χ2v) is 7.48. The van der Waals surface area contributed by atoms with Crippen molar-refractivity contribution < 1.29 is 9.53 Å². The minimum atomic E-state index is 0.104. The first-order valence-electron chi connectivity index (χ1n) is 8.33. The molecule has 1 fully saturated rings. The molecule has 2 aromatic heterocycles. The Morgan fingerprint density at radius 1 is 1.46 bits per heavy atom. The summed E-state index contributed by atoms with van der Waals surface area (Å²) in [5.41, 5.74) is 2.05. The quantitative estimate of drug-likeness (QED) is 0.836. The molecule has 3 rings (SSSR count). The van der Waals surface area contributed by atoms with Gasteiger partial charge in [0.1, 0.15) is 0 Å². The van der Waals surface area contributed by atoms with Crippen molar-refractivity contribution >= 4 is 17.2 Å². The molecule has 0 aliphatic carbocycles. The number of rotatable bonds is 5. The van der Waals surface area contributed by atoms with E-state index in [2.05, 4.69) is 9.97 Å². The van der Waals surface area contributed by atoms with Crippen LogP contribution < -0.4 is 0 Å². The third kappa shape index (κ3) is 4.39. The topological polar surface area (TPSA) is 55.3 Å². The summed E-state index contributed by atoms with van der Waals surface area (Å²) in [7, 11) is 0. The van der Waals surface area contributed by atoms with Crippen molar-refractivity contribution in [2.45, 2.75) is 45.8 Å². The lowest BCUT2D eigenvalue weighted by molar-refractivity contribution is -0.134. The lowest BCUT2D eigenvalue weighted by Crippen LogP contribution is -2.43. The molecule has 0 radical (unpaired) electrons. The van der Waals surface area contributed by atoms with Gasteiger partial charge in [0.15, 0.2) is 0 Å². The Hall–Kier alpha value is -1.79. The van der Waals surface area contributed by atoms with Crippen LogP contribution in [0.3, 0.4) is 0 Å². The van der Waals surface area contributed by atoms with Gasteiger partial charge in [-0.3, -0.25) is 9.78 Å². The van der Waals surface area contributed by atoms with Crippen LogP contribution in [0.15, 0.2) is 24.5 Å². The van der Waals surface area contributed by atoms with Crippen LogP contribution in [0, 0.1) is 13.8 Å². The van der Waals surface area contributed by atoms with E-state index in [1.54, 1.807) is 17.5 Å². The molecule has 1 aliphatic heterocycles. The van der Waals surface area contributed by atoms with Gasteiger partial charge in [0.05, 0.1) is 29.8 Å².